The molecule has 0 saturated heterocycles. The molecule has 0 bridgehead atoms. The van der Waals surface area contributed by atoms with Crippen LogP contribution < -0.4 is 11.3 Å². The molecule has 0 aliphatic carbocycles. The maximum atomic E-state index is 5.67. The first kappa shape index (κ1) is 14.7. The highest BCUT2D eigenvalue weighted by Crippen LogP contribution is 2.10. The van der Waals surface area contributed by atoms with Gasteiger partial charge in [-0.15, -0.1) is 0 Å². The van der Waals surface area contributed by atoms with E-state index in [9.17, 15) is 0 Å². The summed E-state index contributed by atoms with van der Waals surface area (Å²) in [5.41, 5.74) is 6.74. The number of aromatic nitrogens is 1. The number of hydrazine groups is 1. The molecule has 1 unspecified atom stereocenters. The standard InChI is InChI=1S/C17H23N3/c1-2-14-6-8-15(9-7-14)13-17(20-18)11-10-16-5-3-4-12-19-16/h3-9,12,17,20H,2,10-11,13,18H2,1H3. The van der Waals surface area contributed by atoms with Gasteiger partial charge in [0.05, 0.1) is 0 Å². The van der Waals surface area contributed by atoms with Gasteiger partial charge < -0.3 is 0 Å². The molecule has 0 aliphatic rings. The summed E-state index contributed by atoms with van der Waals surface area (Å²) in [5.74, 6) is 5.67. The van der Waals surface area contributed by atoms with Gasteiger partial charge in [-0.3, -0.25) is 16.3 Å². The molecule has 0 amide bonds. The van der Waals surface area contributed by atoms with Crippen molar-refractivity contribution in [1.82, 2.24) is 10.4 Å². The van der Waals surface area contributed by atoms with E-state index in [4.69, 9.17) is 5.84 Å². The van der Waals surface area contributed by atoms with Gasteiger partial charge in [-0.25, -0.2) is 0 Å². The van der Waals surface area contributed by atoms with E-state index in [-0.39, 0.29) is 6.04 Å². The third kappa shape index (κ3) is 4.44. The molecule has 0 aliphatic heterocycles. The van der Waals surface area contributed by atoms with Crippen LogP contribution >= 0.6 is 0 Å². The molecular formula is C17H23N3. The van der Waals surface area contributed by atoms with E-state index in [1.807, 2.05) is 18.3 Å². The van der Waals surface area contributed by atoms with Crippen LogP contribution in [0.2, 0.25) is 0 Å². The molecule has 106 valence electrons. The monoisotopic (exact) mass is 269 g/mol. The van der Waals surface area contributed by atoms with E-state index >= 15 is 0 Å². The fourth-order valence-corrected chi connectivity index (χ4v) is 2.31. The first-order valence-electron chi connectivity index (χ1n) is 7.25. The topological polar surface area (TPSA) is 50.9 Å². The normalized spacial score (nSPS) is 12.3. The van der Waals surface area contributed by atoms with Crippen molar-refractivity contribution >= 4 is 0 Å². The zero-order valence-electron chi connectivity index (χ0n) is 12.0. The Morgan fingerprint density at radius 1 is 1.10 bits per heavy atom. The number of nitrogens with one attached hydrogen (secondary N) is 1. The number of rotatable bonds is 7. The average molecular weight is 269 g/mol. The Labute approximate surface area is 121 Å². The van der Waals surface area contributed by atoms with Gasteiger partial charge in [0.2, 0.25) is 0 Å². The van der Waals surface area contributed by atoms with Gasteiger partial charge in [0.1, 0.15) is 0 Å². The minimum absolute atomic E-state index is 0.282. The van der Waals surface area contributed by atoms with Crippen molar-refractivity contribution in [2.75, 3.05) is 0 Å². The molecule has 3 heteroatoms. The highest BCUT2D eigenvalue weighted by molar-refractivity contribution is 5.23. The van der Waals surface area contributed by atoms with Crippen molar-refractivity contribution in [3.05, 3.63) is 65.5 Å². The summed E-state index contributed by atoms with van der Waals surface area (Å²) >= 11 is 0. The van der Waals surface area contributed by atoms with Crippen LogP contribution in [0, 0.1) is 0 Å². The van der Waals surface area contributed by atoms with E-state index in [1.54, 1.807) is 0 Å². The van der Waals surface area contributed by atoms with Crippen LogP contribution in [0.3, 0.4) is 0 Å². The molecule has 0 fully saturated rings. The number of aryl methyl sites for hydroxylation is 2. The van der Waals surface area contributed by atoms with Gasteiger partial charge in [-0.05, 0) is 48.9 Å². The van der Waals surface area contributed by atoms with Crippen LogP contribution in [-0.2, 0) is 19.3 Å². The second-order valence-corrected chi connectivity index (χ2v) is 5.10. The SMILES string of the molecule is CCc1ccc(CC(CCc2ccccn2)NN)cc1. The van der Waals surface area contributed by atoms with Crippen molar-refractivity contribution in [3.63, 3.8) is 0 Å². The van der Waals surface area contributed by atoms with E-state index < -0.39 is 0 Å². The van der Waals surface area contributed by atoms with Gasteiger partial charge in [-0.1, -0.05) is 37.3 Å². The first-order valence-corrected chi connectivity index (χ1v) is 7.25. The Hall–Kier alpha value is -1.71. The maximum Gasteiger partial charge on any atom is 0.0404 e. The van der Waals surface area contributed by atoms with Crippen LogP contribution in [-0.4, -0.2) is 11.0 Å². The van der Waals surface area contributed by atoms with E-state index in [2.05, 4.69) is 47.7 Å². The predicted octanol–water partition coefficient (Wildman–Crippen LogP) is 2.65. The van der Waals surface area contributed by atoms with Gasteiger partial charge >= 0.3 is 0 Å². The van der Waals surface area contributed by atoms with E-state index in [0.717, 1.165) is 31.4 Å². The lowest BCUT2D eigenvalue weighted by Crippen LogP contribution is -2.37. The molecule has 1 heterocycles. The Bertz CT molecular complexity index is 493. The smallest absolute Gasteiger partial charge is 0.0404 e. The summed E-state index contributed by atoms with van der Waals surface area (Å²) in [6, 6.07) is 15.1. The van der Waals surface area contributed by atoms with Gasteiger partial charge in [-0.2, -0.15) is 0 Å². The number of nitrogens with two attached hydrogens (primary N) is 1. The van der Waals surface area contributed by atoms with Crippen molar-refractivity contribution in [1.29, 1.82) is 0 Å². The fraction of sp³-hybridized carbons (Fsp3) is 0.353. The predicted molar refractivity (Wildman–Crippen MR) is 83.2 cm³/mol. The van der Waals surface area contributed by atoms with Crippen molar-refractivity contribution in [2.24, 2.45) is 5.84 Å². The minimum Gasteiger partial charge on any atom is -0.271 e. The number of pyridine rings is 1. The number of nitrogens with zero attached hydrogens (tertiary/aromatic N) is 1. The number of hydrogen-bond donors (Lipinski definition) is 2. The second kappa shape index (κ2) is 7.78. The first-order chi connectivity index (χ1) is 9.81. The summed E-state index contributed by atoms with van der Waals surface area (Å²) in [7, 11) is 0. The lowest BCUT2D eigenvalue weighted by molar-refractivity contribution is 0.489. The van der Waals surface area contributed by atoms with Crippen LogP contribution in [0.15, 0.2) is 48.7 Å². The highest BCUT2D eigenvalue weighted by Gasteiger charge is 2.08. The largest absolute Gasteiger partial charge is 0.271 e. The van der Waals surface area contributed by atoms with Crippen LogP contribution in [0.25, 0.3) is 0 Å². The molecule has 20 heavy (non-hydrogen) atoms. The number of benzene rings is 1. The van der Waals surface area contributed by atoms with Crippen molar-refractivity contribution in [3.8, 4) is 0 Å². The lowest BCUT2D eigenvalue weighted by atomic mass is 10.00. The third-order valence-electron chi connectivity index (χ3n) is 3.62. The van der Waals surface area contributed by atoms with Crippen molar-refractivity contribution < 1.29 is 0 Å². The lowest BCUT2D eigenvalue weighted by Gasteiger charge is -2.16. The highest BCUT2D eigenvalue weighted by atomic mass is 15.2. The van der Waals surface area contributed by atoms with Crippen LogP contribution in [0.4, 0.5) is 0 Å². The Balaban J connectivity index is 1.88. The molecule has 1 aromatic carbocycles. The quantitative estimate of drug-likeness (QED) is 0.600. The fourth-order valence-electron chi connectivity index (χ4n) is 2.31. The zero-order chi connectivity index (χ0) is 14.2. The van der Waals surface area contributed by atoms with Gasteiger partial charge in [0.15, 0.2) is 0 Å². The molecule has 0 spiro atoms. The zero-order valence-corrected chi connectivity index (χ0v) is 12.0. The summed E-state index contributed by atoms with van der Waals surface area (Å²) in [6.07, 6.45) is 5.81. The molecule has 1 aromatic heterocycles. The maximum absolute atomic E-state index is 5.67. The Morgan fingerprint density at radius 2 is 1.85 bits per heavy atom. The molecule has 3 N–H and O–H groups in total. The third-order valence-corrected chi connectivity index (χ3v) is 3.62. The molecule has 0 radical (unpaired) electrons. The summed E-state index contributed by atoms with van der Waals surface area (Å²) in [4.78, 5) is 4.35. The van der Waals surface area contributed by atoms with Crippen LogP contribution in [0.5, 0.6) is 0 Å². The Morgan fingerprint density at radius 3 is 2.45 bits per heavy atom. The summed E-state index contributed by atoms with van der Waals surface area (Å²) in [6.45, 7) is 2.17. The van der Waals surface area contributed by atoms with Crippen LogP contribution in [0.1, 0.15) is 30.2 Å². The summed E-state index contributed by atoms with van der Waals surface area (Å²) in [5, 5.41) is 0. The van der Waals surface area contributed by atoms with E-state index in [1.165, 1.54) is 11.1 Å². The second-order valence-electron chi connectivity index (χ2n) is 5.10. The molecule has 3 nitrogen and oxygen atoms in total. The minimum atomic E-state index is 0.282. The number of hydrogen-bond acceptors (Lipinski definition) is 3. The molecule has 0 saturated carbocycles. The van der Waals surface area contributed by atoms with Gasteiger partial charge in [0, 0.05) is 17.9 Å². The van der Waals surface area contributed by atoms with Gasteiger partial charge in [0.25, 0.3) is 0 Å². The summed E-state index contributed by atoms with van der Waals surface area (Å²) < 4.78 is 0. The average Bonchev–Trinajstić information content (AvgIpc) is 2.53. The molecular weight excluding hydrogens is 246 g/mol. The Kier molecular flexibility index (Phi) is 5.71. The molecule has 1 atom stereocenters. The molecule has 2 aromatic rings. The molecule has 2 rings (SSSR count). The van der Waals surface area contributed by atoms with E-state index in [0.29, 0.717) is 0 Å². The van der Waals surface area contributed by atoms with Crippen molar-refractivity contribution in [2.45, 2.75) is 38.6 Å².